The Bertz CT molecular complexity index is 315. The summed E-state index contributed by atoms with van der Waals surface area (Å²) in [5.74, 6) is 0. The lowest BCUT2D eigenvalue weighted by Crippen LogP contribution is -2.39. The molecular weight excluding hydrogens is 190 g/mol. The number of likely N-dealkylation sites (N-methyl/N-ethyl adjacent to an activating group) is 1. The first-order valence-electron chi connectivity index (χ1n) is 5.57. The van der Waals surface area contributed by atoms with Crippen molar-refractivity contribution < 1.29 is 4.74 Å². The molecule has 1 aromatic rings. The van der Waals surface area contributed by atoms with Gasteiger partial charge in [-0.15, -0.1) is 0 Å². The second kappa shape index (κ2) is 4.33. The number of aryl methyl sites for hydroxylation is 2. The number of nitrogens with one attached hydrogen (secondary N) is 1. The van der Waals surface area contributed by atoms with Gasteiger partial charge in [0.05, 0.1) is 24.9 Å². The van der Waals surface area contributed by atoms with Crippen molar-refractivity contribution in [2.45, 2.75) is 26.8 Å². The number of H-pyrrole nitrogens is 1. The van der Waals surface area contributed by atoms with E-state index in [9.17, 15) is 0 Å². The lowest BCUT2D eigenvalue weighted by Gasteiger charge is -2.35. The molecule has 2 rings (SSSR count). The second-order valence-electron chi connectivity index (χ2n) is 4.07. The Balaban J connectivity index is 2.27. The smallest absolute Gasteiger partial charge is 0.0665 e. The van der Waals surface area contributed by atoms with Gasteiger partial charge in [-0.2, -0.15) is 5.10 Å². The largest absolute Gasteiger partial charge is 0.378 e. The van der Waals surface area contributed by atoms with Crippen LogP contribution in [0.1, 0.15) is 29.9 Å². The van der Waals surface area contributed by atoms with Crippen molar-refractivity contribution in [2.75, 3.05) is 26.3 Å². The van der Waals surface area contributed by atoms with Gasteiger partial charge in [0.25, 0.3) is 0 Å². The van der Waals surface area contributed by atoms with Crippen LogP contribution in [0.2, 0.25) is 0 Å². The number of ether oxygens (including phenoxy) is 1. The number of hydrogen-bond donors (Lipinski definition) is 1. The molecule has 4 heteroatoms. The standard InChI is InChI=1S/C11H19N3O/c1-4-14-5-6-15-7-10(14)11-8(2)12-13-9(11)3/h10H,4-7H2,1-3H3,(H,12,13). The summed E-state index contributed by atoms with van der Waals surface area (Å²) in [4.78, 5) is 2.45. The Morgan fingerprint density at radius 3 is 2.93 bits per heavy atom. The number of aromatic amines is 1. The molecule has 2 heterocycles. The molecule has 1 N–H and O–H groups in total. The third kappa shape index (κ3) is 1.92. The van der Waals surface area contributed by atoms with Crippen LogP contribution < -0.4 is 0 Å². The molecule has 0 saturated carbocycles. The fourth-order valence-corrected chi connectivity index (χ4v) is 2.33. The van der Waals surface area contributed by atoms with Crippen molar-refractivity contribution in [1.29, 1.82) is 0 Å². The lowest BCUT2D eigenvalue weighted by molar-refractivity contribution is -0.00618. The van der Waals surface area contributed by atoms with E-state index in [1.165, 1.54) is 11.3 Å². The van der Waals surface area contributed by atoms with Gasteiger partial charge in [0, 0.05) is 17.8 Å². The van der Waals surface area contributed by atoms with Gasteiger partial charge in [0.2, 0.25) is 0 Å². The molecule has 15 heavy (non-hydrogen) atoms. The fourth-order valence-electron chi connectivity index (χ4n) is 2.33. The van der Waals surface area contributed by atoms with Crippen molar-refractivity contribution in [3.63, 3.8) is 0 Å². The Hall–Kier alpha value is -0.870. The molecule has 0 amide bonds. The number of aromatic nitrogens is 2. The third-order valence-electron chi connectivity index (χ3n) is 3.16. The van der Waals surface area contributed by atoms with Crippen molar-refractivity contribution in [2.24, 2.45) is 0 Å². The maximum atomic E-state index is 5.56. The summed E-state index contributed by atoms with van der Waals surface area (Å²) in [6.45, 7) is 10.1. The number of rotatable bonds is 2. The molecule has 1 aliphatic heterocycles. The molecule has 84 valence electrons. The highest BCUT2D eigenvalue weighted by Crippen LogP contribution is 2.27. The van der Waals surface area contributed by atoms with E-state index >= 15 is 0 Å². The molecule has 0 aromatic carbocycles. The summed E-state index contributed by atoms with van der Waals surface area (Å²) >= 11 is 0. The van der Waals surface area contributed by atoms with Crippen LogP contribution in [0, 0.1) is 13.8 Å². The normalized spacial score (nSPS) is 23.3. The first-order chi connectivity index (χ1) is 7.24. The van der Waals surface area contributed by atoms with Crippen molar-refractivity contribution >= 4 is 0 Å². The van der Waals surface area contributed by atoms with Crippen LogP contribution in [0.4, 0.5) is 0 Å². The highest BCUT2D eigenvalue weighted by atomic mass is 16.5. The van der Waals surface area contributed by atoms with Gasteiger partial charge >= 0.3 is 0 Å². The highest BCUT2D eigenvalue weighted by Gasteiger charge is 2.27. The van der Waals surface area contributed by atoms with E-state index in [0.717, 1.165) is 32.0 Å². The van der Waals surface area contributed by atoms with Gasteiger partial charge in [-0.25, -0.2) is 0 Å². The molecule has 0 aliphatic carbocycles. The molecule has 1 saturated heterocycles. The van der Waals surface area contributed by atoms with Crippen molar-refractivity contribution in [3.8, 4) is 0 Å². The molecule has 1 aliphatic rings. The zero-order valence-electron chi connectivity index (χ0n) is 9.71. The van der Waals surface area contributed by atoms with E-state index in [-0.39, 0.29) is 0 Å². The molecule has 0 radical (unpaired) electrons. The average molecular weight is 209 g/mol. The van der Waals surface area contributed by atoms with E-state index in [4.69, 9.17) is 4.74 Å². The van der Waals surface area contributed by atoms with Crippen molar-refractivity contribution in [1.82, 2.24) is 15.1 Å². The van der Waals surface area contributed by atoms with Crippen LogP contribution in [-0.2, 0) is 4.74 Å². The number of morpholine rings is 1. The van der Waals surface area contributed by atoms with Crippen LogP contribution in [0.5, 0.6) is 0 Å². The molecule has 1 unspecified atom stereocenters. The first-order valence-corrected chi connectivity index (χ1v) is 5.57. The van der Waals surface area contributed by atoms with Crippen molar-refractivity contribution in [3.05, 3.63) is 17.0 Å². The minimum atomic E-state index is 0.377. The molecular formula is C11H19N3O. The third-order valence-corrected chi connectivity index (χ3v) is 3.16. The van der Waals surface area contributed by atoms with Crippen LogP contribution in [0.25, 0.3) is 0 Å². The van der Waals surface area contributed by atoms with Gasteiger partial charge < -0.3 is 4.74 Å². The topological polar surface area (TPSA) is 41.1 Å². The Kier molecular flexibility index (Phi) is 3.07. The minimum absolute atomic E-state index is 0.377. The monoisotopic (exact) mass is 209 g/mol. The quantitative estimate of drug-likeness (QED) is 0.801. The first kappa shape index (κ1) is 10.6. The predicted molar refractivity (Wildman–Crippen MR) is 58.9 cm³/mol. The molecule has 1 atom stereocenters. The second-order valence-corrected chi connectivity index (χ2v) is 4.07. The van der Waals surface area contributed by atoms with Gasteiger partial charge in [0.15, 0.2) is 0 Å². The van der Waals surface area contributed by atoms with E-state index < -0.39 is 0 Å². The van der Waals surface area contributed by atoms with E-state index in [0.29, 0.717) is 6.04 Å². The van der Waals surface area contributed by atoms with Gasteiger partial charge in [-0.05, 0) is 20.4 Å². The maximum absolute atomic E-state index is 5.56. The molecule has 1 fully saturated rings. The SMILES string of the molecule is CCN1CCOCC1c1c(C)n[nH]c1C. The zero-order chi connectivity index (χ0) is 10.8. The zero-order valence-corrected chi connectivity index (χ0v) is 9.71. The Labute approximate surface area is 90.6 Å². The Morgan fingerprint density at radius 1 is 1.53 bits per heavy atom. The summed E-state index contributed by atoms with van der Waals surface area (Å²) in [6, 6.07) is 0.377. The molecule has 4 nitrogen and oxygen atoms in total. The van der Waals surface area contributed by atoms with E-state index in [1.54, 1.807) is 0 Å². The maximum Gasteiger partial charge on any atom is 0.0665 e. The lowest BCUT2D eigenvalue weighted by atomic mass is 10.0. The molecule has 0 spiro atoms. The summed E-state index contributed by atoms with van der Waals surface area (Å²) in [7, 11) is 0. The molecule has 0 bridgehead atoms. The minimum Gasteiger partial charge on any atom is -0.378 e. The molecule has 1 aromatic heterocycles. The Morgan fingerprint density at radius 2 is 2.33 bits per heavy atom. The summed E-state index contributed by atoms with van der Waals surface area (Å²) in [6.07, 6.45) is 0. The van der Waals surface area contributed by atoms with Gasteiger partial charge in [-0.1, -0.05) is 6.92 Å². The summed E-state index contributed by atoms with van der Waals surface area (Å²) < 4.78 is 5.56. The average Bonchev–Trinajstić information content (AvgIpc) is 2.59. The summed E-state index contributed by atoms with van der Waals surface area (Å²) in [5, 5.41) is 7.30. The number of hydrogen-bond acceptors (Lipinski definition) is 3. The van der Waals surface area contributed by atoms with E-state index in [2.05, 4.69) is 35.9 Å². The van der Waals surface area contributed by atoms with Crippen LogP contribution in [0.15, 0.2) is 0 Å². The van der Waals surface area contributed by atoms with Crippen LogP contribution in [0.3, 0.4) is 0 Å². The highest BCUT2D eigenvalue weighted by molar-refractivity contribution is 5.27. The predicted octanol–water partition coefficient (Wildman–Crippen LogP) is 1.42. The van der Waals surface area contributed by atoms with Gasteiger partial charge in [-0.3, -0.25) is 10.00 Å². The van der Waals surface area contributed by atoms with Gasteiger partial charge in [0.1, 0.15) is 0 Å². The number of nitrogens with zero attached hydrogens (tertiary/aromatic N) is 2. The summed E-state index contributed by atoms with van der Waals surface area (Å²) in [5.41, 5.74) is 3.58. The fraction of sp³-hybridized carbons (Fsp3) is 0.727. The van der Waals surface area contributed by atoms with E-state index in [1.807, 2.05) is 0 Å². The van der Waals surface area contributed by atoms with Crippen LogP contribution in [-0.4, -0.2) is 41.4 Å². The van der Waals surface area contributed by atoms with Crippen LogP contribution >= 0.6 is 0 Å².